The molecule has 1 amide bonds. The second-order valence-corrected chi connectivity index (χ2v) is 5.18. The molecule has 0 aliphatic rings. The Hall–Kier alpha value is -3.55. The molecule has 0 saturated carbocycles. The number of H-pyrrole nitrogens is 1. The summed E-state index contributed by atoms with van der Waals surface area (Å²) in [7, 11) is 0. The number of carbonyl (C=O) groups excluding carboxylic acids is 1. The molecule has 0 saturated heterocycles. The molecule has 118 valence electrons. The quantitative estimate of drug-likeness (QED) is 0.593. The monoisotopic (exact) mass is 319 g/mol. The summed E-state index contributed by atoms with van der Waals surface area (Å²) in [5, 5.41) is 10.9. The summed E-state index contributed by atoms with van der Waals surface area (Å²) in [6.07, 6.45) is 6.74. The van der Waals surface area contributed by atoms with E-state index in [0.29, 0.717) is 17.8 Å². The van der Waals surface area contributed by atoms with Crippen LogP contribution in [0.1, 0.15) is 16.1 Å². The molecule has 8 heteroatoms. The van der Waals surface area contributed by atoms with Crippen LogP contribution in [0.2, 0.25) is 0 Å². The molecule has 0 spiro atoms. The number of hydrogen-bond donors (Lipinski definition) is 2. The molecule has 0 aliphatic carbocycles. The summed E-state index contributed by atoms with van der Waals surface area (Å²) in [6, 6.07) is 9.02. The standard InChI is InChI=1S/C16H13N7O/c24-16(11-3-4-14-15(6-11)20-10-19-14)18-7-12-9-23(22-21-12)13-2-1-5-17-8-13/h1-6,8-10H,7H2,(H,18,24)(H,19,20). The first kappa shape index (κ1) is 14.1. The maximum Gasteiger partial charge on any atom is 0.251 e. The molecule has 4 rings (SSSR count). The van der Waals surface area contributed by atoms with Crippen LogP contribution in [0.3, 0.4) is 0 Å². The second-order valence-electron chi connectivity index (χ2n) is 5.18. The first-order valence-electron chi connectivity index (χ1n) is 7.32. The number of imidazole rings is 1. The molecule has 4 aromatic rings. The number of fused-ring (bicyclic) bond motifs is 1. The molecule has 0 unspecified atom stereocenters. The Labute approximate surface area is 136 Å². The van der Waals surface area contributed by atoms with Crippen molar-refractivity contribution in [1.29, 1.82) is 0 Å². The first-order chi connectivity index (χ1) is 11.8. The van der Waals surface area contributed by atoms with Gasteiger partial charge in [-0.3, -0.25) is 9.78 Å². The van der Waals surface area contributed by atoms with Gasteiger partial charge in [0.05, 0.1) is 42.0 Å². The Balaban J connectivity index is 1.45. The van der Waals surface area contributed by atoms with Crippen LogP contribution in [0.5, 0.6) is 0 Å². The second kappa shape index (κ2) is 5.92. The van der Waals surface area contributed by atoms with Gasteiger partial charge in [0, 0.05) is 11.8 Å². The van der Waals surface area contributed by atoms with E-state index in [0.717, 1.165) is 16.7 Å². The van der Waals surface area contributed by atoms with Crippen molar-refractivity contribution in [2.24, 2.45) is 0 Å². The van der Waals surface area contributed by atoms with E-state index in [9.17, 15) is 4.79 Å². The largest absolute Gasteiger partial charge is 0.346 e. The Morgan fingerprint density at radius 1 is 1.29 bits per heavy atom. The van der Waals surface area contributed by atoms with Crippen molar-refractivity contribution >= 4 is 16.9 Å². The van der Waals surface area contributed by atoms with Gasteiger partial charge in [0.1, 0.15) is 5.69 Å². The van der Waals surface area contributed by atoms with E-state index in [1.54, 1.807) is 47.8 Å². The third-order valence-corrected chi connectivity index (χ3v) is 3.56. The molecule has 3 aromatic heterocycles. The number of amides is 1. The molecule has 0 bridgehead atoms. The minimum Gasteiger partial charge on any atom is -0.346 e. The summed E-state index contributed by atoms with van der Waals surface area (Å²) in [4.78, 5) is 23.4. The SMILES string of the molecule is O=C(NCc1cn(-c2cccnc2)nn1)c1ccc2nc[nH]c2c1. The van der Waals surface area contributed by atoms with Gasteiger partial charge in [-0.05, 0) is 30.3 Å². The number of nitrogens with one attached hydrogen (secondary N) is 2. The van der Waals surface area contributed by atoms with Crippen LogP contribution in [0, 0.1) is 0 Å². The highest BCUT2D eigenvalue weighted by Gasteiger charge is 2.09. The maximum atomic E-state index is 12.2. The number of benzene rings is 1. The minimum atomic E-state index is -0.178. The van der Waals surface area contributed by atoms with Gasteiger partial charge in [0.25, 0.3) is 5.91 Å². The lowest BCUT2D eigenvalue weighted by molar-refractivity contribution is 0.0950. The van der Waals surface area contributed by atoms with Crippen molar-refractivity contribution in [3.63, 3.8) is 0 Å². The van der Waals surface area contributed by atoms with Crippen molar-refractivity contribution in [3.8, 4) is 5.69 Å². The molecule has 24 heavy (non-hydrogen) atoms. The van der Waals surface area contributed by atoms with E-state index in [1.165, 1.54) is 0 Å². The number of hydrogen-bond acceptors (Lipinski definition) is 5. The van der Waals surface area contributed by atoms with Crippen LogP contribution in [0.4, 0.5) is 0 Å². The zero-order chi connectivity index (χ0) is 16.4. The normalized spacial score (nSPS) is 10.8. The summed E-state index contributed by atoms with van der Waals surface area (Å²) in [6.45, 7) is 0.292. The predicted molar refractivity (Wildman–Crippen MR) is 86.4 cm³/mol. The van der Waals surface area contributed by atoms with E-state index in [1.807, 2.05) is 12.1 Å². The molecule has 0 fully saturated rings. The summed E-state index contributed by atoms with van der Waals surface area (Å²) < 4.78 is 1.62. The van der Waals surface area contributed by atoms with E-state index < -0.39 is 0 Å². The first-order valence-corrected chi connectivity index (χ1v) is 7.32. The summed E-state index contributed by atoms with van der Waals surface area (Å²) >= 11 is 0. The van der Waals surface area contributed by atoms with Crippen LogP contribution >= 0.6 is 0 Å². The molecule has 0 atom stereocenters. The number of carbonyl (C=O) groups is 1. The van der Waals surface area contributed by atoms with Gasteiger partial charge >= 0.3 is 0 Å². The number of rotatable bonds is 4. The molecule has 0 aliphatic heterocycles. The van der Waals surface area contributed by atoms with E-state index >= 15 is 0 Å². The van der Waals surface area contributed by atoms with Crippen molar-refractivity contribution in [2.45, 2.75) is 6.54 Å². The lowest BCUT2D eigenvalue weighted by atomic mass is 10.2. The van der Waals surface area contributed by atoms with Gasteiger partial charge < -0.3 is 10.3 Å². The molecular weight excluding hydrogens is 306 g/mol. The van der Waals surface area contributed by atoms with Crippen molar-refractivity contribution < 1.29 is 4.79 Å². The third kappa shape index (κ3) is 2.72. The smallest absolute Gasteiger partial charge is 0.251 e. The average molecular weight is 319 g/mol. The van der Waals surface area contributed by atoms with E-state index in [4.69, 9.17) is 0 Å². The number of aromatic amines is 1. The van der Waals surface area contributed by atoms with Gasteiger partial charge in [-0.15, -0.1) is 5.10 Å². The average Bonchev–Trinajstić information content (AvgIpc) is 3.29. The lowest BCUT2D eigenvalue weighted by Gasteiger charge is -2.03. The van der Waals surface area contributed by atoms with Crippen LogP contribution in [-0.2, 0) is 6.54 Å². The topological polar surface area (TPSA) is 101 Å². The molecule has 0 radical (unpaired) electrons. The highest BCUT2D eigenvalue weighted by molar-refractivity contribution is 5.97. The predicted octanol–water partition coefficient (Wildman–Crippen LogP) is 1.47. The zero-order valence-corrected chi connectivity index (χ0v) is 12.5. The van der Waals surface area contributed by atoms with Crippen LogP contribution in [0.25, 0.3) is 16.7 Å². The van der Waals surface area contributed by atoms with Gasteiger partial charge in [0.2, 0.25) is 0 Å². The molecule has 3 heterocycles. The number of nitrogens with zero attached hydrogens (tertiary/aromatic N) is 5. The van der Waals surface area contributed by atoms with E-state index in [2.05, 4.69) is 30.6 Å². The third-order valence-electron chi connectivity index (χ3n) is 3.56. The maximum absolute atomic E-state index is 12.2. The Morgan fingerprint density at radius 3 is 3.12 bits per heavy atom. The van der Waals surface area contributed by atoms with E-state index in [-0.39, 0.29) is 5.91 Å². The van der Waals surface area contributed by atoms with Crippen LogP contribution in [-0.4, -0.2) is 35.9 Å². The highest BCUT2D eigenvalue weighted by Crippen LogP contribution is 2.11. The van der Waals surface area contributed by atoms with Gasteiger partial charge in [-0.2, -0.15) is 0 Å². The van der Waals surface area contributed by atoms with Crippen molar-refractivity contribution in [2.75, 3.05) is 0 Å². The minimum absolute atomic E-state index is 0.178. The summed E-state index contributed by atoms with van der Waals surface area (Å²) in [5.41, 5.74) is 3.68. The Morgan fingerprint density at radius 2 is 2.25 bits per heavy atom. The summed E-state index contributed by atoms with van der Waals surface area (Å²) in [5.74, 6) is -0.178. The van der Waals surface area contributed by atoms with Crippen molar-refractivity contribution in [3.05, 3.63) is 66.5 Å². The molecule has 8 nitrogen and oxygen atoms in total. The van der Waals surface area contributed by atoms with Crippen LogP contribution in [0.15, 0.2) is 55.2 Å². The fraction of sp³-hybridized carbons (Fsp3) is 0.0625. The number of aromatic nitrogens is 6. The fourth-order valence-corrected chi connectivity index (χ4v) is 2.34. The Bertz CT molecular complexity index is 990. The van der Waals surface area contributed by atoms with Gasteiger partial charge in [0.15, 0.2) is 0 Å². The Kier molecular flexibility index (Phi) is 3.47. The molecule has 1 aromatic carbocycles. The number of pyridine rings is 1. The van der Waals surface area contributed by atoms with Gasteiger partial charge in [-0.1, -0.05) is 5.21 Å². The van der Waals surface area contributed by atoms with Crippen molar-refractivity contribution in [1.82, 2.24) is 35.3 Å². The van der Waals surface area contributed by atoms with Gasteiger partial charge in [-0.25, -0.2) is 9.67 Å². The zero-order valence-electron chi connectivity index (χ0n) is 12.5. The molecular formula is C16H13N7O. The molecule has 2 N–H and O–H groups in total. The van der Waals surface area contributed by atoms with Crippen LogP contribution < -0.4 is 5.32 Å². The highest BCUT2D eigenvalue weighted by atomic mass is 16.1. The lowest BCUT2D eigenvalue weighted by Crippen LogP contribution is -2.22. The fourth-order valence-electron chi connectivity index (χ4n) is 2.34.